The van der Waals surface area contributed by atoms with E-state index in [1.54, 1.807) is 0 Å². The molecule has 144 valence electrons. The molecule has 0 aliphatic carbocycles. The van der Waals surface area contributed by atoms with Crippen molar-refractivity contribution in [3.63, 3.8) is 0 Å². The Hall–Kier alpha value is -2.87. The number of rotatable bonds is 7. The third-order valence-corrected chi connectivity index (χ3v) is 5.99. The SMILES string of the molecule is CCS(=O)(=O)N(C)c1cc(C(=O)O)cc(C(=O)N[C@H](C)c2ccccc2)c1. The van der Waals surface area contributed by atoms with Crippen molar-refractivity contribution in [1.82, 2.24) is 5.32 Å². The van der Waals surface area contributed by atoms with Gasteiger partial charge in [-0.15, -0.1) is 0 Å². The molecule has 0 unspecified atom stereocenters. The fraction of sp³-hybridized carbons (Fsp3) is 0.263. The van der Waals surface area contributed by atoms with Gasteiger partial charge in [0.2, 0.25) is 10.0 Å². The van der Waals surface area contributed by atoms with Crippen LogP contribution in [0, 0.1) is 0 Å². The summed E-state index contributed by atoms with van der Waals surface area (Å²) in [4.78, 5) is 24.0. The van der Waals surface area contributed by atoms with Crippen LogP contribution in [0.5, 0.6) is 0 Å². The second kappa shape index (κ2) is 8.22. The van der Waals surface area contributed by atoms with Gasteiger partial charge in [-0.1, -0.05) is 30.3 Å². The first-order valence-corrected chi connectivity index (χ1v) is 9.97. The smallest absolute Gasteiger partial charge is 0.335 e. The van der Waals surface area contributed by atoms with Crippen LogP contribution >= 0.6 is 0 Å². The maximum Gasteiger partial charge on any atom is 0.335 e. The summed E-state index contributed by atoms with van der Waals surface area (Å²) in [6.45, 7) is 3.30. The average Bonchev–Trinajstić information content (AvgIpc) is 2.67. The van der Waals surface area contributed by atoms with E-state index in [1.807, 2.05) is 37.3 Å². The summed E-state index contributed by atoms with van der Waals surface area (Å²) < 4.78 is 25.2. The number of nitrogens with one attached hydrogen (secondary N) is 1. The number of anilines is 1. The van der Waals surface area contributed by atoms with Crippen molar-refractivity contribution in [2.45, 2.75) is 19.9 Å². The minimum Gasteiger partial charge on any atom is -0.478 e. The molecule has 7 nitrogen and oxygen atoms in total. The van der Waals surface area contributed by atoms with E-state index in [1.165, 1.54) is 32.2 Å². The minimum atomic E-state index is -3.59. The lowest BCUT2D eigenvalue weighted by atomic mass is 10.1. The number of carbonyl (C=O) groups is 2. The molecule has 2 aromatic carbocycles. The van der Waals surface area contributed by atoms with Gasteiger partial charge in [0, 0.05) is 12.6 Å². The van der Waals surface area contributed by atoms with Gasteiger partial charge in [0.25, 0.3) is 5.91 Å². The number of amides is 1. The molecular weight excluding hydrogens is 368 g/mol. The van der Waals surface area contributed by atoms with Crippen LogP contribution in [0.4, 0.5) is 5.69 Å². The minimum absolute atomic E-state index is 0.0748. The molecule has 0 saturated heterocycles. The van der Waals surface area contributed by atoms with Crippen LogP contribution < -0.4 is 9.62 Å². The van der Waals surface area contributed by atoms with Crippen LogP contribution in [-0.2, 0) is 10.0 Å². The van der Waals surface area contributed by atoms with Crippen LogP contribution in [0.15, 0.2) is 48.5 Å². The van der Waals surface area contributed by atoms with Crippen LogP contribution in [0.2, 0.25) is 0 Å². The van der Waals surface area contributed by atoms with Gasteiger partial charge in [0.15, 0.2) is 0 Å². The van der Waals surface area contributed by atoms with Crippen molar-refractivity contribution in [3.8, 4) is 0 Å². The number of carboxylic acid groups (broad SMARTS) is 1. The molecule has 2 aromatic rings. The van der Waals surface area contributed by atoms with Crippen LogP contribution in [0.25, 0.3) is 0 Å². The fourth-order valence-electron chi connectivity index (χ4n) is 2.51. The topological polar surface area (TPSA) is 104 Å². The van der Waals surface area contributed by atoms with Gasteiger partial charge in [-0.3, -0.25) is 9.10 Å². The van der Waals surface area contributed by atoms with E-state index in [2.05, 4.69) is 5.32 Å². The van der Waals surface area contributed by atoms with Crippen LogP contribution in [-0.4, -0.2) is 38.2 Å². The normalized spacial score (nSPS) is 12.3. The summed E-state index contributed by atoms with van der Waals surface area (Å²) in [6, 6.07) is 12.8. The summed E-state index contributed by atoms with van der Waals surface area (Å²) >= 11 is 0. The number of carbonyl (C=O) groups excluding carboxylic acids is 1. The standard InChI is InChI=1S/C19H22N2O5S/c1-4-27(25,26)21(3)17-11-15(10-16(12-17)19(23)24)18(22)20-13(2)14-8-6-5-7-9-14/h5-13H,4H2,1-3H3,(H,20,22)(H,23,24)/t13-/m1/s1. The summed E-state index contributed by atoms with van der Waals surface area (Å²) in [7, 11) is -2.27. The third-order valence-electron chi connectivity index (χ3n) is 4.22. The monoisotopic (exact) mass is 390 g/mol. The third kappa shape index (κ3) is 4.85. The average molecular weight is 390 g/mol. The van der Waals surface area contributed by atoms with Crippen molar-refractivity contribution in [3.05, 3.63) is 65.2 Å². The van der Waals surface area contributed by atoms with Gasteiger partial charge in [-0.05, 0) is 37.6 Å². The maximum absolute atomic E-state index is 12.6. The highest BCUT2D eigenvalue weighted by Gasteiger charge is 2.21. The molecule has 0 bridgehead atoms. The van der Waals surface area contributed by atoms with E-state index < -0.39 is 21.9 Å². The Bertz CT molecular complexity index is 942. The molecule has 0 radical (unpaired) electrons. The number of carboxylic acids is 1. The van der Waals surface area contributed by atoms with Crippen LogP contribution in [0.3, 0.4) is 0 Å². The summed E-state index contributed by atoms with van der Waals surface area (Å²) in [6.07, 6.45) is 0. The van der Waals surface area contributed by atoms with Gasteiger partial charge in [0.05, 0.1) is 23.0 Å². The van der Waals surface area contributed by atoms with E-state index in [-0.39, 0.29) is 28.6 Å². The lowest BCUT2D eigenvalue weighted by Crippen LogP contribution is -2.30. The number of nitrogens with zero attached hydrogens (tertiary/aromatic N) is 1. The summed E-state index contributed by atoms with van der Waals surface area (Å²) in [5, 5.41) is 12.1. The predicted molar refractivity (Wildman–Crippen MR) is 104 cm³/mol. The molecule has 1 amide bonds. The lowest BCUT2D eigenvalue weighted by molar-refractivity contribution is 0.0697. The first-order chi connectivity index (χ1) is 12.7. The highest BCUT2D eigenvalue weighted by Crippen LogP contribution is 2.22. The molecule has 2 rings (SSSR count). The molecule has 0 aromatic heterocycles. The van der Waals surface area contributed by atoms with Gasteiger partial charge in [0.1, 0.15) is 0 Å². The van der Waals surface area contributed by atoms with Gasteiger partial charge >= 0.3 is 5.97 Å². The maximum atomic E-state index is 12.6. The first-order valence-electron chi connectivity index (χ1n) is 8.36. The van der Waals surface area contributed by atoms with E-state index in [9.17, 15) is 23.1 Å². The zero-order valence-electron chi connectivity index (χ0n) is 15.3. The summed E-state index contributed by atoms with van der Waals surface area (Å²) in [5.74, 6) is -1.88. The molecule has 0 heterocycles. The van der Waals surface area contributed by atoms with Crippen molar-refractivity contribution in [2.75, 3.05) is 17.1 Å². The number of benzene rings is 2. The van der Waals surface area contributed by atoms with Gasteiger partial charge in [-0.2, -0.15) is 0 Å². The second-order valence-corrected chi connectivity index (χ2v) is 8.34. The lowest BCUT2D eigenvalue weighted by Gasteiger charge is -2.20. The number of aromatic carboxylic acids is 1. The number of hydrogen-bond acceptors (Lipinski definition) is 4. The Morgan fingerprint density at radius 1 is 1.11 bits per heavy atom. The zero-order chi connectivity index (χ0) is 20.2. The van der Waals surface area contributed by atoms with Gasteiger partial charge in [-0.25, -0.2) is 13.2 Å². The predicted octanol–water partition coefficient (Wildman–Crippen LogP) is 2.66. The molecular formula is C19H22N2O5S. The molecule has 0 fully saturated rings. The first kappa shape index (κ1) is 20.4. The van der Waals surface area contributed by atoms with Crippen molar-refractivity contribution in [2.24, 2.45) is 0 Å². The highest BCUT2D eigenvalue weighted by molar-refractivity contribution is 7.92. The Balaban J connectivity index is 2.38. The Morgan fingerprint density at radius 2 is 1.70 bits per heavy atom. The van der Waals surface area contributed by atoms with Crippen molar-refractivity contribution < 1.29 is 23.1 Å². The second-order valence-electron chi connectivity index (χ2n) is 6.05. The van der Waals surface area contributed by atoms with E-state index in [0.717, 1.165) is 9.87 Å². The molecule has 0 aliphatic heterocycles. The van der Waals surface area contributed by atoms with E-state index in [4.69, 9.17) is 0 Å². The quantitative estimate of drug-likeness (QED) is 0.756. The Labute approximate surface area is 158 Å². The largest absolute Gasteiger partial charge is 0.478 e. The van der Waals surface area contributed by atoms with Gasteiger partial charge < -0.3 is 10.4 Å². The van der Waals surface area contributed by atoms with Crippen LogP contribution in [0.1, 0.15) is 46.2 Å². The molecule has 0 saturated carbocycles. The number of sulfonamides is 1. The summed E-state index contributed by atoms with van der Waals surface area (Å²) in [5.41, 5.74) is 0.925. The zero-order valence-corrected chi connectivity index (χ0v) is 16.2. The molecule has 2 N–H and O–H groups in total. The van der Waals surface area contributed by atoms with E-state index in [0.29, 0.717) is 0 Å². The molecule has 0 spiro atoms. The number of hydrogen-bond donors (Lipinski definition) is 2. The molecule has 1 atom stereocenters. The molecule has 27 heavy (non-hydrogen) atoms. The van der Waals surface area contributed by atoms with Crippen molar-refractivity contribution >= 4 is 27.6 Å². The molecule has 0 aliphatic rings. The van der Waals surface area contributed by atoms with Crippen molar-refractivity contribution in [1.29, 1.82) is 0 Å². The fourth-order valence-corrected chi connectivity index (χ4v) is 3.32. The van der Waals surface area contributed by atoms with E-state index >= 15 is 0 Å². The Kier molecular flexibility index (Phi) is 6.22. The Morgan fingerprint density at radius 3 is 2.26 bits per heavy atom. The molecule has 8 heteroatoms. The highest BCUT2D eigenvalue weighted by atomic mass is 32.2.